The van der Waals surface area contributed by atoms with Crippen LogP contribution in [0.15, 0.2) is 0 Å². The van der Waals surface area contributed by atoms with Gasteiger partial charge in [0.1, 0.15) is 5.92 Å². The van der Waals surface area contributed by atoms with Gasteiger partial charge in [0.05, 0.1) is 12.0 Å². The molecule has 2 atom stereocenters. The van der Waals surface area contributed by atoms with E-state index in [1.54, 1.807) is 21.0 Å². The van der Waals surface area contributed by atoms with Crippen LogP contribution < -0.4 is 5.32 Å². The van der Waals surface area contributed by atoms with Gasteiger partial charge in [0.2, 0.25) is 11.8 Å². The molecule has 0 saturated heterocycles. The maximum atomic E-state index is 11.9. The third-order valence-corrected chi connectivity index (χ3v) is 2.69. The minimum absolute atomic E-state index is 0.0229. The monoisotopic (exact) mass is 239 g/mol. The summed E-state index contributed by atoms with van der Waals surface area (Å²) in [6, 6.07) is 2.01. The first-order valence-corrected chi connectivity index (χ1v) is 5.71. The SMILES string of the molecule is CNC(=O)C(C)CN(C)C(=O)C(C#N)C(C)C. The number of amides is 2. The van der Waals surface area contributed by atoms with Crippen molar-refractivity contribution in [2.45, 2.75) is 20.8 Å². The molecule has 5 nitrogen and oxygen atoms in total. The topological polar surface area (TPSA) is 73.2 Å². The summed E-state index contributed by atoms with van der Waals surface area (Å²) in [5.41, 5.74) is 0. The molecule has 0 aromatic heterocycles. The molecule has 0 saturated carbocycles. The number of nitriles is 1. The van der Waals surface area contributed by atoms with Crippen molar-refractivity contribution < 1.29 is 9.59 Å². The predicted octanol–water partition coefficient (Wildman–Crippen LogP) is 0.623. The summed E-state index contributed by atoms with van der Waals surface area (Å²) < 4.78 is 0. The molecule has 96 valence electrons. The molecule has 2 unspecified atom stereocenters. The van der Waals surface area contributed by atoms with Gasteiger partial charge in [-0.05, 0) is 5.92 Å². The van der Waals surface area contributed by atoms with Crippen LogP contribution in [0.3, 0.4) is 0 Å². The maximum Gasteiger partial charge on any atom is 0.239 e. The molecule has 0 aliphatic carbocycles. The van der Waals surface area contributed by atoms with Gasteiger partial charge in [-0.3, -0.25) is 9.59 Å². The lowest BCUT2D eigenvalue weighted by Crippen LogP contribution is -2.40. The Kier molecular flexibility index (Phi) is 6.26. The van der Waals surface area contributed by atoms with Crippen molar-refractivity contribution in [2.75, 3.05) is 20.6 Å². The molecule has 0 aromatic rings. The van der Waals surface area contributed by atoms with E-state index in [2.05, 4.69) is 5.32 Å². The van der Waals surface area contributed by atoms with E-state index in [1.807, 2.05) is 19.9 Å². The molecule has 0 fully saturated rings. The summed E-state index contributed by atoms with van der Waals surface area (Å²) in [6.07, 6.45) is 0. The molecular weight excluding hydrogens is 218 g/mol. The molecule has 0 bridgehead atoms. The highest BCUT2D eigenvalue weighted by Gasteiger charge is 2.26. The minimum atomic E-state index is -0.642. The summed E-state index contributed by atoms with van der Waals surface area (Å²) in [4.78, 5) is 24.7. The minimum Gasteiger partial charge on any atom is -0.359 e. The number of nitrogens with one attached hydrogen (secondary N) is 1. The standard InChI is InChI=1S/C12H21N3O2/c1-8(2)10(6-13)12(17)15(5)7-9(3)11(16)14-4/h8-10H,7H2,1-5H3,(H,14,16). The van der Waals surface area contributed by atoms with Crippen LogP contribution in [0.4, 0.5) is 0 Å². The zero-order chi connectivity index (χ0) is 13.6. The van der Waals surface area contributed by atoms with Crippen molar-refractivity contribution in [3.63, 3.8) is 0 Å². The Balaban J connectivity index is 4.52. The van der Waals surface area contributed by atoms with Crippen molar-refractivity contribution >= 4 is 11.8 Å². The molecule has 0 aliphatic heterocycles. The van der Waals surface area contributed by atoms with Gasteiger partial charge in [0, 0.05) is 20.6 Å². The van der Waals surface area contributed by atoms with Gasteiger partial charge >= 0.3 is 0 Å². The molecule has 2 amide bonds. The highest BCUT2D eigenvalue weighted by Crippen LogP contribution is 2.13. The highest BCUT2D eigenvalue weighted by atomic mass is 16.2. The Labute approximate surface area is 103 Å². The zero-order valence-corrected chi connectivity index (χ0v) is 11.2. The lowest BCUT2D eigenvalue weighted by atomic mass is 9.96. The van der Waals surface area contributed by atoms with Crippen molar-refractivity contribution in [2.24, 2.45) is 17.8 Å². The number of rotatable bonds is 5. The van der Waals surface area contributed by atoms with E-state index in [1.165, 1.54) is 4.90 Å². The number of nitrogens with zero attached hydrogens (tertiary/aromatic N) is 2. The van der Waals surface area contributed by atoms with Gasteiger partial charge in [-0.1, -0.05) is 20.8 Å². The fraction of sp³-hybridized carbons (Fsp3) is 0.750. The number of hydrogen-bond acceptors (Lipinski definition) is 3. The van der Waals surface area contributed by atoms with E-state index >= 15 is 0 Å². The van der Waals surface area contributed by atoms with Gasteiger partial charge in [-0.25, -0.2) is 0 Å². The first-order chi connectivity index (χ1) is 7.84. The van der Waals surface area contributed by atoms with E-state index in [-0.39, 0.29) is 23.7 Å². The summed E-state index contributed by atoms with van der Waals surface area (Å²) in [7, 11) is 3.18. The Bertz CT molecular complexity index is 320. The van der Waals surface area contributed by atoms with Crippen molar-refractivity contribution in [1.82, 2.24) is 10.2 Å². The van der Waals surface area contributed by atoms with Crippen LogP contribution in [-0.4, -0.2) is 37.4 Å². The van der Waals surface area contributed by atoms with E-state index in [9.17, 15) is 9.59 Å². The third kappa shape index (κ3) is 4.43. The predicted molar refractivity (Wildman–Crippen MR) is 64.8 cm³/mol. The van der Waals surface area contributed by atoms with E-state index in [0.717, 1.165) is 0 Å². The van der Waals surface area contributed by atoms with Crippen molar-refractivity contribution in [1.29, 1.82) is 5.26 Å². The summed E-state index contributed by atoms with van der Waals surface area (Å²) in [6.45, 7) is 5.74. The molecule has 0 aliphatic rings. The Morgan fingerprint density at radius 3 is 2.24 bits per heavy atom. The number of carbonyl (C=O) groups excluding carboxylic acids is 2. The smallest absolute Gasteiger partial charge is 0.239 e. The van der Waals surface area contributed by atoms with Crippen LogP contribution in [0.25, 0.3) is 0 Å². The van der Waals surface area contributed by atoms with Gasteiger partial charge in [0.25, 0.3) is 0 Å². The molecule has 5 heteroatoms. The van der Waals surface area contributed by atoms with Gasteiger partial charge < -0.3 is 10.2 Å². The zero-order valence-electron chi connectivity index (χ0n) is 11.2. The first kappa shape index (κ1) is 15.4. The van der Waals surface area contributed by atoms with Crippen LogP contribution in [0, 0.1) is 29.1 Å². The van der Waals surface area contributed by atoms with E-state index < -0.39 is 5.92 Å². The number of carbonyl (C=O) groups is 2. The van der Waals surface area contributed by atoms with Crippen LogP contribution in [0.5, 0.6) is 0 Å². The first-order valence-electron chi connectivity index (χ1n) is 5.71. The molecule has 0 heterocycles. The molecule has 17 heavy (non-hydrogen) atoms. The Morgan fingerprint density at radius 1 is 1.35 bits per heavy atom. The molecule has 0 aromatic carbocycles. The fourth-order valence-electron chi connectivity index (χ4n) is 1.56. The van der Waals surface area contributed by atoms with E-state index in [0.29, 0.717) is 6.54 Å². The van der Waals surface area contributed by atoms with E-state index in [4.69, 9.17) is 5.26 Å². The van der Waals surface area contributed by atoms with Gasteiger partial charge in [0.15, 0.2) is 0 Å². The summed E-state index contributed by atoms with van der Waals surface area (Å²) in [5, 5.41) is 11.5. The van der Waals surface area contributed by atoms with Crippen LogP contribution >= 0.6 is 0 Å². The van der Waals surface area contributed by atoms with Crippen molar-refractivity contribution in [3.05, 3.63) is 0 Å². The van der Waals surface area contributed by atoms with Crippen LogP contribution in [0.1, 0.15) is 20.8 Å². The van der Waals surface area contributed by atoms with Crippen LogP contribution in [-0.2, 0) is 9.59 Å². The van der Waals surface area contributed by atoms with Gasteiger partial charge in [-0.15, -0.1) is 0 Å². The maximum absolute atomic E-state index is 11.9. The molecule has 1 N–H and O–H groups in total. The molecule has 0 radical (unpaired) electrons. The molecular formula is C12H21N3O2. The Morgan fingerprint density at radius 2 is 1.88 bits per heavy atom. The second-order valence-corrected chi connectivity index (χ2v) is 4.58. The Hall–Kier alpha value is -1.57. The summed E-state index contributed by atoms with van der Waals surface area (Å²) in [5.74, 6) is -1.27. The second-order valence-electron chi connectivity index (χ2n) is 4.58. The second kappa shape index (κ2) is 6.89. The lowest BCUT2D eigenvalue weighted by molar-refractivity contribution is -0.135. The van der Waals surface area contributed by atoms with Crippen LogP contribution in [0.2, 0.25) is 0 Å². The fourth-order valence-corrected chi connectivity index (χ4v) is 1.56. The third-order valence-electron chi connectivity index (χ3n) is 2.69. The molecule has 0 rings (SSSR count). The number of hydrogen-bond donors (Lipinski definition) is 1. The quantitative estimate of drug-likeness (QED) is 0.764. The largest absolute Gasteiger partial charge is 0.359 e. The lowest BCUT2D eigenvalue weighted by Gasteiger charge is -2.24. The van der Waals surface area contributed by atoms with Gasteiger partial charge in [-0.2, -0.15) is 5.26 Å². The molecule has 0 spiro atoms. The average Bonchev–Trinajstić information content (AvgIpc) is 2.27. The average molecular weight is 239 g/mol. The summed E-state index contributed by atoms with van der Waals surface area (Å²) >= 11 is 0. The van der Waals surface area contributed by atoms with Crippen molar-refractivity contribution in [3.8, 4) is 6.07 Å². The normalized spacial score (nSPS) is 13.7. The highest BCUT2D eigenvalue weighted by molar-refractivity contribution is 5.83.